The van der Waals surface area contributed by atoms with E-state index < -0.39 is 11.4 Å². The number of rotatable bonds is 7. The second-order valence-electron chi connectivity index (χ2n) is 6.46. The lowest BCUT2D eigenvalue weighted by Crippen LogP contribution is -2.44. The molecule has 1 saturated carbocycles. The second kappa shape index (κ2) is 7.62. The van der Waals surface area contributed by atoms with Gasteiger partial charge in [-0.2, -0.15) is 0 Å². The maximum atomic E-state index is 12.2. The molecular weight excluding hydrogens is 296 g/mol. The Labute approximate surface area is 136 Å². The molecule has 1 amide bonds. The van der Waals surface area contributed by atoms with Crippen LogP contribution in [0.3, 0.4) is 0 Å². The van der Waals surface area contributed by atoms with Gasteiger partial charge in [-0.15, -0.1) is 0 Å². The third-order valence-corrected chi connectivity index (χ3v) is 5.01. The Morgan fingerprint density at radius 1 is 1.30 bits per heavy atom. The minimum atomic E-state index is -0.841. The summed E-state index contributed by atoms with van der Waals surface area (Å²) in [5, 5.41) is 16.2. The SMILES string of the molecule is CCC(CC)c1cc(C(=O)NCC2(C(=O)O)CCCCC2)on1. The summed E-state index contributed by atoms with van der Waals surface area (Å²) in [6.45, 7) is 4.28. The van der Waals surface area contributed by atoms with Crippen molar-refractivity contribution < 1.29 is 19.2 Å². The molecule has 1 aliphatic rings. The standard InChI is InChI=1S/C17H26N2O4/c1-3-12(4-2)13-10-14(23-19-13)15(20)18-11-17(16(21)22)8-6-5-7-9-17/h10,12H,3-9,11H2,1-2H3,(H,18,20)(H,21,22). The van der Waals surface area contributed by atoms with Gasteiger partial charge in [0, 0.05) is 18.5 Å². The maximum absolute atomic E-state index is 12.2. The van der Waals surface area contributed by atoms with Crippen LogP contribution in [0, 0.1) is 5.41 Å². The minimum absolute atomic E-state index is 0.141. The van der Waals surface area contributed by atoms with Gasteiger partial charge in [-0.25, -0.2) is 0 Å². The monoisotopic (exact) mass is 322 g/mol. The molecule has 2 rings (SSSR count). The molecule has 1 aliphatic carbocycles. The number of hydrogen-bond acceptors (Lipinski definition) is 4. The lowest BCUT2D eigenvalue weighted by molar-refractivity contribution is -0.150. The smallest absolute Gasteiger partial charge is 0.311 e. The fourth-order valence-electron chi connectivity index (χ4n) is 3.33. The number of carboxylic acids is 1. The average Bonchev–Trinajstić information content (AvgIpc) is 3.04. The molecule has 6 nitrogen and oxygen atoms in total. The zero-order valence-electron chi connectivity index (χ0n) is 13.9. The molecule has 1 fully saturated rings. The number of nitrogens with zero attached hydrogens (tertiary/aromatic N) is 1. The summed E-state index contributed by atoms with van der Waals surface area (Å²) in [4.78, 5) is 23.8. The van der Waals surface area contributed by atoms with Crippen LogP contribution in [0.15, 0.2) is 10.6 Å². The van der Waals surface area contributed by atoms with Crippen LogP contribution < -0.4 is 5.32 Å². The van der Waals surface area contributed by atoms with Crippen LogP contribution >= 0.6 is 0 Å². The molecule has 128 valence electrons. The van der Waals surface area contributed by atoms with E-state index in [1.807, 2.05) is 0 Å². The topological polar surface area (TPSA) is 92.4 Å². The first-order valence-electron chi connectivity index (χ1n) is 8.50. The number of aliphatic carboxylic acids is 1. The first-order valence-corrected chi connectivity index (χ1v) is 8.50. The lowest BCUT2D eigenvalue weighted by Gasteiger charge is -2.33. The lowest BCUT2D eigenvalue weighted by atomic mass is 9.74. The van der Waals surface area contributed by atoms with Crippen molar-refractivity contribution in [2.24, 2.45) is 5.41 Å². The summed E-state index contributed by atoms with van der Waals surface area (Å²) in [6, 6.07) is 1.67. The van der Waals surface area contributed by atoms with Gasteiger partial charge in [0.25, 0.3) is 5.91 Å². The van der Waals surface area contributed by atoms with E-state index in [0.717, 1.165) is 37.8 Å². The molecule has 0 atom stereocenters. The Morgan fingerprint density at radius 2 is 1.96 bits per heavy atom. The fourth-order valence-corrected chi connectivity index (χ4v) is 3.33. The molecular formula is C17H26N2O4. The Bertz CT molecular complexity index is 543. The molecule has 0 aromatic carbocycles. The second-order valence-corrected chi connectivity index (χ2v) is 6.46. The van der Waals surface area contributed by atoms with Crippen molar-refractivity contribution in [1.82, 2.24) is 10.5 Å². The molecule has 0 radical (unpaired) electrons. The molecule has 1 aromatic heterocycles. The van der Waals surface area contributed by atoms with E-state index in [1.54, 1.807) is 6.07 Å². The number of nitrogens with one attached hydrogen (secondary N) is 1. The number of hydrogen-bond donors (Lipinski definition) is 2. The summed E-state index contributed by atoms with van der Waals surface area (Å²) in [7, 11) is 0. The average molecular weight is 322 g/mol. The normalized spacial score (nSPS) is 17.2. The van der Waals surface area contributed by atoms with Crippen molar-refractivity contribution in [3.63, 3.8) is 0 Å². The van der Waals surface area contributed by atoms with E-state index >= 15 is 0 Å². The van der Waals surface area contributed by atoms with Crippen LogP contribution in [-0.2, 0) is 4.79 Å². The number of carbonyl (C=O) groups is 2. The van der Waals surface area contributed by atoms with E-state index in [1.165, 1.54) is 0 Å². The zero-order chi connectivity index (χ0) is 16.9. The zero-order valence-corrected chi connectivity index (χ0v) is 13.9. The first-order chi connectivity index (χ1) is 11.0. The molecule has 1 heterocycles. The Hall–Kier alpha value is -1.85. The highest BCUT2D eigenvalue weighted by Crippen LogP contribution is 2.36. The summed E-state index contributed by atoms with van der Waals surface area (Å²) in [5.74, 6) is -0.777. The Kier molecular flexibility index (Phi) is 5.80. The summed E-state index contributed by atoms with van der Waals surface area (Å²) in [5.41, 5.74) is -0.0580. The van der Waals surface area contributed by atoms with E-state index in [4.69, 9.17) is 4.52 Å². The highest BCUT2D eigenvalue weighted by Gasteiger charge is 2.40. The summed E-state index contributed by atoms with van der Waals surface area (Å²) < 4.78 is 5.13. The van der Waals surface area contributed by atoms with Gasteiger partial charge in [0.15, 0.2) is 0 Å². The van der Waals surface area contributed by atoms with Gasteiger partial charge < -0.3 is 14.9 Å². The maximum Gasteiger partial charge on any atom is 0.311 e. The van der Waals surface area contributed by atoms with Gasteiger partial charge in [0.05, 0.1) is 11.1 Å². The van der Waals surface area contributed by atoms with Gasteiger partial charge in [-0.1, -0.05) is 38.3 Å². The molecule has 0 saturated heterocycles. The fraction of sp³-hybridized carbons (Fsp3) is 0.706. The van der Waals surface area contributed by atoms with Gasteiger partial charge >= 0.3 is 5.97 Å². The van der Waals surface area contributed by atoms with Crippen LogP contribution in [-0.4, -0.2) is 28.7 Å². The van der Waals surface area contributed by atoms with E-state index in [0.29, 0.717) is 12.8 Å². The molecule has 0 unspecified atom stereocenters. The third-order valence-electron chi connectivity index (χ3n) is 5.01. The van der Waals surface area contributed by atoms with Gasteiger partial charge in [0.1, 0.15) is 0 Å². The van der Waals surface area contributed by atoms with Gasteiger partial charge in [-0.05, 0) is 25.7 Å². The van der Waals surface area contributed by atoms with Crippen molar-refractivity contribution in [2.45, 2.75) is 64.7 Å². The predicted molar refractivity (Wildman–Crippen MR) is 85.3 cm³/mol. The molecule has 0 bridgehead atoms. The Morgan fingerprint density at radius 3 is 2.52 bits per heavy atom. The highest BCUT2D eigenvalue weighted by atomic mass is 16.5. The quantitative estimate of drug-likeness (QED) is 0.803. The molecule has 0 aliphatic heterocycles. The van der Waals surface area contributed by atoms with Crippen molar-refractivity contribution >= 4 is 11.9 Å². The van der Waals surface area contributed by atoms with Crippen molar-refractivity contribution in [3.8, 4) is 0 Å². The molecule has 6 heteroatoms. The van der Waals surface area contributed by atoms with Crippen molar-refractivity contribution in [2.75, 3.05) is 6.54 Å². The molecule has 1 aromatic rings. The van der Waals surface area contributed by atoms with Crippen LogP contribution in [0.1, 0.15) is 81.0 Å². The van der Waals surface area contributed by atoms with Gasteiger partial charge in [0.2, 0.25) is 5.76 Å². The summed E-state index contributed by atoms with van der Waals surface area (Å²) >= 11 is 0. The summed E-state index contributed by atoms with van der Waals surface area (Å²) in [6.07, 6.45) is 5.94. The van der Waals surface area contributed by atoms with Crippen LogP contribution in [0.4, 0.5) is 0 Å². The first kappa shape index (κ1) is 17.5. The number of carboxylic acid groups (broad SMARTS) is 1. The van der Waals surface area contributed by atoms with Crippen LogP contribution in [0.2, 0.25) is 0 Å². The molecule has 2 N–H and O–H groups in total. The van der Waals surface area contributed by atoms with Crippen LogP contribution in [0.25, 0.3) is 0 Å². The Balaban J connectivity index is 2.00. The van der Waals surface area contributed by atoms with E-state index in [-0.39, 0.29) is 24.1 Å². The minimum Gasteiger partial charge on any atom is -0.481 e. The van der Waals surface area contributed by atoms with E-state index in [2.05, 4.69) is 24.3 Å². The molecule has 23 heavy (non-hydrogen) atoms. The third kappa shape index (κ3) is 3.92. The highest BCUT2D eigenvalue weighted by molar-refractivity contribution is 5.91. The van der Waals surface area contributed by atoms with Crippen LogP contribution in [0.5, 0.6) is 0 Å². The van der Waals surface area contributed by atoms with Crippen molar-refractivity contribution in [1.29, 1.82) is 0 Å². The van der Waals surface area contributed by atoms with Crippen molar-refractivity contribution in [3.05, 3.63) is 17.5 Å². The van der Waals surface area contributed by atoms with Gasteiger partial charge in [-0.3, -0.25) is 9.59 Å². The largest absolute Gasteiger partial charge is 0.481 e. The number of carbonyl (C=O) groups excluding carboxylic acids is 1. The number of amides is 1. The predicted octanol–water partition coefficient (Wildman–Crippen LogP) is 3.34. The number of aromatic nitrogens is 1. The molecule has 0 spiro atoms. The van der Waals surface area contributed by atoms with E-state index in [9.17, 15) is 14.7 Å².